The van der Waals surface area contributed by atoms with Crippen LogP contribution in [0.3, 0.4) is 0 Å². The highest BCUT2D eigenvalue weighted by molar-refractivity contribution is 6.19. The van der Waals surface area contributed by atoms with Crippen molar-refractivity contribution >= 4 is 77.7 Å². The molecule has 13 aromatic rings. The number of rotatable bonds is 10. The van der Waals surface area contributed by atoms with Gasteiger partial charge in [0.2, 0.25) is 0 Å². The summed E-state index contributed by atoms with van der Waals surface area (Å²) in [6, 6.07) is 97.0. The van der Waals surface area contributed by atoms with Gasteiger partial charge in [0.15, 0.2) is 0 Å². The average molecular weight is 923 g/mol. The van der Waals surface area contributed by atoms with Gasteiger partial charge in [-0.2, -0.15) is 0 Å². The maximum absolute atomic E-state index is 2.43. The molecule has 13 rings (SSSR count). The molecule has 0 aliphatic carbocycles. The standard InChI is InChI=1S/C68H50N4/c1-47-15-13-21-59(43-47)69(53-17-5-3-6-18-53)55-35-27-49(28-36-55)51-31-39-57(40-32-51)71-65-25-11-9-23-61(65)63-46-68-64(45-67(63)71)62-24-10-12-26-66(62)72(68)58-41-33-52(34-42-58)50-29-37-56(38-30-50)70(54-19-7-4-8-20-54)60-22-14-16-48(2)44-60/h3-46H,1-2H3. The third kappa shape index (κ3) is 7.58. The molecule has 0 spiro atoms. The quantitative estimate of drug-likeness (QED) is 0.136. The fraction of sp³-hybridized carbons (Fsp3) is 0.0294. The molecule has 0 amide bonds. The van der Waals surface area contributed by atoms with Crippen molar-refractivity contribution in [2.75, 3.05) is 9.80 Å². The van der Waals surface area contributed by atoms with E-state index in [2.05, 4.69) is 300 Å². The summed E-state index contributed by atoms with van der Waals surface area (Å²) < 4.78 is 4.87. The predicted octanol–water partition coefficient (Wildman–Crippen LogP) is 18.8. The van der Waals surface area contributed by atoms with E-state index in [4.69, 9.17) is 0 Å². The van der Waals surface area contributed by atoms with Crippen molar-refractivity contribution in [2.24, 2.45) is 0 Å². The van der Waals surface area contributed by atoms with E-state index in [-0.39, 0.29) is 0 Å². The van der Waals surface area contributed by atoms with E-state index in [1.807, 2.05) is 0 Å². The first-order valence-electron chi connectivity index (χ1n) is 24.7. The topological polar surface area (TPSA) is 16.3 Å². The second kappa shape index (κ2) is 17.9. The van der Waals surface area contributed by atoms with Crippen molar-refractivity contribution in [1.29, 1.82) is 0 Å². The van der Waals surface area contributed by atoms with Gasteiger partial charge in [-0.25, -0.2) is 0 Å². The zero-order chi connectivity index (χ0) is 48.1. The van der Waals surface area contributed by atoms with E-state index in [9.17, 15) is 0 Å². The summed E-state index contributed by atoms with van der Waals surface area (Å²) in [5.74, 6) is 0. The zero-order valence-corrected chi connectivity index (χ0v) is 40.2. The van der Waals surface area contributed by atoms with E-state index in [1.165, 1.54) is 77.0 Å². The number of nitrogens with zero attached hydrogens (tertiary/aromatic N) is 4. The summed E-state index contributed by atoms with van der Waals surface area (Å²) in [7, 11) is 0. The van der Waals surface area contributed by atoms with Crippen LogP contribution < -0.4 is 9.80 Å². The van der Waals surface area contributed by atoms with Gasteiger partial charge in [0.1, 0.15) is 0 Å². The average Bonchev–Trinajstić information content (AvgIpc) is 3.93. The molecule has 0 atom stereocenters. The highest BCUT2D eigenvalue weighted by Crippen LogP contribution is 2.42. The Balaban J connectivity index is 0.839. The Morgan fingerprint density at radius 3 is 0.931 bits per heavy atom. The lowest BCUT2D eigenvalue weighted by Gasteiger charge is -2.26. The highest BCUT2D eigenvalue weighted by Gasteiger charge is 2.20. The van der Waals surface area contributed by atoms with Crippen LogP contribution in [0.1, 0.15) is 11.1 Å². The fourth-order valence-corrected chi connectivity index (χ4v) is 10.8. The van der Waals surface area contributed by atoms with Gasteiger partial charge in [-0.15, -0.1) is 0 Å². The number of anilines is 6. The molecule has 0 aliphatic heterocycles. The molecule has 0 fully saturated rings. The van der Waals surface area contributed by atoms with Gasteiger partial charge in [0.25, 0.3) is 0 Å². The van der Waals surface area contributed by atoms with Crippen LogP contribution in [0.5, 0.6) is 0 Å². The zero-order valence-electron chi connectivity index (χ0n) is 40.2. The Labute approximate surface area is 420 Å². The van der Waals surface area contributed by atoms with E-state index in [0.717, 1.165) is 45.5 Å². The monoisotopic (exact) mass is 922 g/mol. The van der Waals surface area contributed by atoms with E-state index < -0.39 is 0 Å². The minimum atomic E-state index is 1.12. The SMILES string of the molecule is Cc1cccc(N(c2ccccc2)c2ccc(-c3ccc(-n4c5ccccc5c5cc6c(cc54)c4ccccc4n6-c4ccc(-c5ccc(N(c6ccccc6)c6cccc(C)c6)cc5)cc4)cc3)cc2)c1. The normalized spacial score (nSPS) is 11.5. The van der Waals surface area contributed by atoms with Crippen molar-refractivity contribution in [3.63, 3.8) is 0 Å². The minimum Gasteiger partial charge on any atom is -0.310 e. The Morgan fingerprint density at radius 1 is 0.236 bits per heavy atom. The number of para-hydroxylation sites is 4. The summed E-state index contributed by atoms with van der Waals surface area (Å²) in [6.07, 6.45) is 0. The Morgan fingerprint density at radius 2 is 0.556 bits per heavy atom. The van der Waals surface area contributed by atoms with Gasteiger partial charge in [-0.05, 0) is 169 Å². The van der Waals surface area contributed by atoms with Gasteiger partial charge in [-0.3, -0.25) is 0 Å². The molecule has 0 radical (unpaired) electrons. The number of hydrogen-bond donors (Lipinski definition) is 0. The third-order valence-electron chi connectivity index (χ3n) is 14.2. The smallest absolute Gasteiger partial charge is 0.0548 e. The lowest BCUT2D eigenvalue weighted by Crippen LogP contribution is -2.09. The molecule has 2 aromatic heterocycles. The first kappa shape index (κ1) is 42.7. The van der Waals surface area contributed by atoms with Crippen LogP contribution in [0, 0.1) is 13.8 Å². The van der Waals surface area contributed by atoms with Gasteiger partial charge < -0.3 is 18.9 Å². The van der Waals surface area contributed by atoms with Crippen molar-refractivity contribution in [3.05, 3.63) is 278 Å². The van der Waals surface area contributed by atoms with Crippen molar-refractivity contribution < 1.29 is 0 Å². The molecule has 0 saturated carbocycles. The van der Waals surface area contributed by atoms with Crippen LogP contribution in [0.4, 0.5) is 34.1 Å². The van der Waals surface area contributed by atoms with Crippen LogP contribution in [-0.4, -0.2) is 9.13 Å². The highest BCUT2D eigenvalue weighted by atomic mass is 15.1. The predicted molar refractivity (Wildman–Crippen MR) is 305 cm³/mol. The molecule has 0 bridgehead atoms. The van der Waals surface area contributed by atoms with Gasteiger partial charge >= 0.3 is 0 Å². The number of fused-ring (bicyclic) bond motifs is 6. The minimum absolute atomic E-state index is 1.12. The van der Waals surface area contributed by atoms with Crippen molar-refractivity contribution in [1.82, 2.24) is 9.13 Å². The summed E-state index contributed by atoms with van der Waals surface area (Å²) in [6.45, 7) is 4.29. The van der Waals surface area contributed by atoms with Crippen LogP contribution in [0.2, 0.25) is 0 Å². The maximum Gasteiger partial charge on any atom is 0.0548 e. The van der Waals surface area contributed by atoms with Crippen LogP contribution >= 0.6 is 0 Å². The van der Waals surface area contributed by atoms with Crippen LogP contribution in [-0.2, 0) is 0 Å². The summed E-state index contributed by atoms with van der Waals surface area (Å²) in [5, 5.41) is 4.92. The Hall–Kier alpha value is -9.38. The molecule has 0 N–H and O–H groups in total. The molecule has 0 aliphatic rings. The van der Waals surface area contributed by atoms with Gasteiger partial charge in [0, 0.05) is 67.0 Å². The summed E-state index contributed by atoms with van der Waals surface area (Å²) >= 11 is 0. The summed E-state index contributed by atoms with van der Waals surface area (Å²) in [4.78, 5) is 4.64. The maximum atomic E-state index is 2.43. The van der Waals surface area contributed by atoms with Crippen LogP contribution in [0.15, 0.2) is 267 Å². The lowest BCUT2D eigenvalue weighted by molar-refractivity contribution is 1.17. The van der Waals surface area contributed by atoms with E-state index in [1.54, 1.807) is 0 Å². The number of benzene rings is 11. The van der Waals surface area contributed by atoms with Crippen LogP contribution in [0.25, 0.3) is 77.2 Å². The first-order valence-corrected chi connectivity index (χ1v) is 24.7. The first-order chi connectivity index (χ1) is 35.5. The fourth-order valence-electron chi connectivity index (χ4n) is 10.8. The number of aromatic nitrogens is 2. The van der Waals surface area contributed by atoms with Crippen molar-refractivity contribution in [3.8, 4) is 33.6 Å². The Kier molecular flexibility index (Phi) is 10.6. The van der Waals surface area contributed by atoms with E-state index >= 15 is 0 Å². The molecule has 72 heavy (non-hydrogen) atoms. The van der Waals surface area contributed by atoms with Gasteiger partial charge in [-0.1, -0.05) is 146 Å². The molecule has 0 unspecified atom stereocenters. The number of hydrogen-bond acceptors (Lipinski definition) is 2. The molecule has 4 heteroatoms. The largest absolute Gasteiger partial charge is 0.310 e. The van der Waals surface area contributed by atoms with Gasteiger partial charge in [0.05, 0.1) is 22.1 Å². The number of aryl methyl sites for hydroxylation is 2. The molecule has 2 heterocycles. The Bertz CT molecular complexity index is 3810. The second-order valence-corrected chi connectivity index (χ2v) is 18.8. The van der Waals surface area contributed by atoms with Crippen molar-refractivity contribution in [2.45, 2.75) is 13.8 Å². The van der Waals surface area contributed by atoms with E-state index in [0.29, 0.717) is 0 Å². The lowest BCUT2D eigenvalue weighted by atomic mass is 10.0. The molecule has 342 valence electrons. The molecular formula is C68H50N4. The second-order valence-electron chi connectivity index (χ2n) is 18.8. The third-order valence-corrected chi connectivity index (χ3v) is 14.2. The summed E-state index contributed by atoms with van der Waals surface area (Å²) in [5.41, 5.74) is 21.0. The molecule has 0 saturated heterocycles. The molecule has 11 aromatic carbocycles. The molecular weight excluding hydrogens is 873 g/mol. The molecule has 4 nitrogen and oxygen atoms in total.